The van der Waals surface area contributed by atoms with Crippen molar-refractivity contribution in [2.24, 2.45) is 0 Å². The van der Waals surface area contributed by atoms with E-state index in [1.807, 2.05) is 6.07 Å². The average molecular weight is 220 g/mol. The van der Waals surface area contributed by atoms with Crippen molar-refractivity contribution in [3.05, 3.63) is 23.9 Å². The third kappa shape index (κ3) is 1.71. The first kappa shape index (κ1) is 10.5. The normalized spacial score (nSPS) is 10.4. The number of esters is 1. The molecule has 0 atom stereocenters. The van der Waals surface area contributed by atoms with E-state index in [1.54, 1.807) is 26.3 Å². The van der Waals surface area contributed by atoms with Crippen LogP contribution in [0.5, 0.6) is 5.75 Å². The van der Waals surface area contributed by atoms with Gasteiger partial charge in [-0.3, -0.25) is 5.10 Å². The van der Waals surface area contributed by atoms with E-state index in [1.165, 1.54) is 0 Å². The SMILES string of the molecule is CCOC(=O)c1cc(OC)cc2cn[nH]c12. The molecule has 5 nitrogen and oxygen atoms in total. The van der Waals surface area contributed by atoms with E-state index in [9.17, 15) is 4.79 Å². The van der Waals surface area contributed by atoms with Crippen LogP contribution in [0.4, 0.5) is 0 Å². The zero-order chi connectivity index (χ0) is 11.5. The summed E-state index contributed by atoms with van der Waals surface area (Å²) in [5.41, 5.74) is 1.10. The van der Waals surface area contributed by atoms with Crippen LogP contribution >= 0.6 is 0 Å². The van der Waals surface area contributed by atoms with E-state index in [-0.39, 0.29) is 5.97 Å². The lowest BCUT2D eigenvalue weighted by Gasteiger charge is -2.05. The monoisotopic (exact) mass is 220 g/mol. The molecular formula is C11H12N2O3. The van der Waals surface area contributed by atoms with Crippen LogP contribution in [0, 0.1) is 0 Å². The second-order valence-electron chi connectivity index (χ2n) is 3.23. The van der Waals surface area contributed by atoms with Gasteiger partial charge in [0, 0.05) is 5.39 Å². The van der Waals surface area contributed by atoms with Crippen molar-refractivity contribution in [1.29, 1.82) is 0 Å². The van der Waals surface area contributed by atoms with Gasteiger partial charge in [0.15, 0.2) is 0 Å². The Morgan fingerprint density at radius 3 is 3.00 bits per heavy atom. The molecule has 0 fully saturated rings. The highest BCUT2D eigenvalue weighted by Gasteiger charge is 2.14. The number of methoxy groups -OCH3 is 1. The molecule has 16 heavy (non-hydrogen) atoms. The van der Waals surface area contributed by atoms with Gasteiger partial charge in [-0.25, -0.2) is 4.79 Å². The van der Waals surface area contributed by atoms with Crippen LogP contribution in [0.2, 0.25) is 0 Å². The van der Waals surface area contributed by atoms with Crippen LogP contribution in [0.1, 0.15) is 17.3 Å². The van der Waals surface area contributed by atoms with Crippen LogP contribution in [0.25, 0.3) is 10.9 Å². The lowest BCUT2D eigenvalue weighted by atomic mass is 10.1. The molecule has 1 N–H and O–H groups in total. The lowest BCUT2D eigenvalue weighted by molar-refractivity contribution is 0.0528. The molecule has 0 spiro atoms. The van der Waals surface area contributed by atoms with E-state index >= 15 is 0 Å². The summed E-state index contributed by atoms with van der Waals surface area (Å²) in [6, 6.07) is 3.44. The maximum atomic E-state index is 11.7. The molecule has 0 saturated heterocycles. The van der Waals surface area contributed by atoms with Crippen LogP contribution in [0.3, 0.4) is 0 Å². The van der Waals surface area contributed by atoms with Gasteiger partial charge in [0.25, 0.3) is 0 Å². The molecule has 2 rings (SSSR count). The summed E-state index contributed by atoms with van der Waals surface area (Å²) in [6.45, 7) is 2.11. The van der Waals surface area contributed by atoms with Crippen molar-refractivity contribution in [3.63, 3.8) is 0 Å². The fourth-order valence-electron chi connectivity index (χ4n) is 1.52. The summed E-state index contributed by atoms with van der Waals surface area (Å²) in [4.78, 5) is 11.7. The summed E-state index contributed by atoms with van der Waals surface area (Å²) in [7, 11) is 1.55. The summed E-state index contributed by atoms with van der Waals surface area (Å²) in [5, 5.41) is 7.49. The maximum absolute atomic E-state index is 11.7. The van der Waals surface area contributed by atoms with E-state index in [2.05, 4.69) is 10.2 Å². The highest BCUT2D eigenvalue weighted by Crippen LogP contribution is 2.24. The highest BCUT2D eigenvalue weighted by molar-refractivity contribution is 6.03. The number of aromatic nitrogens is 2. The average Bonchev–Trinajstić information content (AvgIpc) is 2.75. The van der Waals surface area contributed by atoms with E-state index in [0.717, 1.165) is 5.39 Å². The van der Waals surface area contributed by atoms with Crippen molar-refractivity contribution in [3.8, 4) is 5.75 Å². The molecule has 0 aliphatic carbocycles. The molecule has 0 aliphatic heterocycles. The van der Waals surface area contributed by atoms with Crippen molar-refractivity contribution in [2.45, 2.75) is 6.92 Å². The molecule has 0 radical (unpaired) electrons. The van der Waals surface area contributed by atoms with Crippen molar-refractivity contribution < 1.29 is 14.3 Å². The highest BCUT2D eigenvalue weighted by atomic mass is 16.5. The lowest BCUT2D eigenvalue weighted by Crippen LogP contribution is -2.05. The maximum Gasteiger partial charge on any atom is 0.340 e. The Bertz CT molecular complexity index is 519. The quantitative estimate of drug-likeness (QED) is 0.800. The minimum absolute atomic E-state index is 0.339. The van der Waals surface area contributed by atoms with Crippen LogP contribution < -0.4 is 4.74 Å². The first-order chi connectivity index (χ1) is 7.76. The Hall–Kier alpha value is -2.04. The minimum Gasteiger partial charge on any atom is -0.497 e. The Kier molecular flexibility index (Phi) is 2.76. The molecule has 84 valence electrons. The number of nitrogens with zero attached hydrogens (tertiary/aromatic N) is 1. The topological polar surface area (TPSA) is 64.2 Å². The number of carbonyl (C=O) groups excluding carboxylic acids is 1. The predicted octanol–water partition coefficient (Wildman–Crippen LogP) is 1.75. The number of rotatable bonds is 3. The fourth-order valence-corrected chi connectivity index (χ4v) is 1.52. The first-order valence-corrected chi connectivity index (χ1v) is 4.94. The Morgan fingerprint density at radius 1 is 1.50 bits per heavy atom. The number of nitrogens with one attached hydrogen (secondary N) is 1. The standard InChI is InChI=1S/C11H12N2O3/c1-3-16-11(14)9-5-8(15-2)4-7-6-12-13-10(7)9/h4-6H,3H2,1-2H3,(H,12,13). The van der Waals surface area contributed by atoms with E-state index in [0.29, 0.717) is 23.4 Å². The van der Waals surface area contributed by atoms with Gasteiger partial charge in [-0.15, -0.1) is 0 Å². The second kappa shape index (κ2) is 4.22. The van der Waals surface area contributed by atoms with Crippen LogP contribution in [-0.4, -0.2) is 29.9 Å². The Labute approximate surface area is 92.4 Å². The van der Waals surface area contributed by atoms with Crippen molar-refractivity contribution in [2.75, 3.05) is 13.7 Å². The molecule has 0 bridgehead atoms. The fraction of sp³-hybridized carbons (Fsp3) is 0.273. The number of aromatic amines is 1. The first-order valence-electron chi connectivity index (χ1n) is 4.94. The molecule has 0 amide bonds. The van der Waals surface area contributed by atoms with Gasteiger partial charge in [-0.05, 0) is 19.1 Å². The van der Waals surface area contributed by atoms with Gasteiger partial charge in [-0.2, -0.15) is 5.10 Å². The smallest absolute Gasteiger partial charge is 0.340 e. The number of carbonyl (C=O) groups is 1. The number of H-pyrrole nitrogens is 1. The van der Waals surface area contributed by atoms with E-state index in [4.69, 9.17) is 9.47 Å². The third-order valence-electron chi connectivity index (χ3n) is 2.25. The predicted molar refractivity (Wildman–Crippen MR) is 58.6 cm³/mol. The van der Waals surface area contributed by atoms with Crippen molar-refractivity contribution >= 4 is 16.9 Å². The van der Waals surface area contributed by atoms with Gasteiger partial charge in [0.1, 0.15) is 5.75 Å². The molecule has 1 aromatic heterocycles. The second-order valence-corrected chi connectivity index (χ2v) is 3.23. The number of hydrogen-bond acceptors (Lipinski definition) is 4. The van der Waals surface area contributed by atoms with Gasteiger partial charge >= 0.3 is 5.97 Å². The van der Waals surface area contributed by atoms with Crippen LogP contribution in [0.15, 0.2) is 18.3 Å². The summed E-state index contributed by atoms with van der Waals surface area (Å²) >= 11 is 0. The third-order valence-corrected chi connectivity index (χ3v) is 2.25. The number of benzene rings is 1. The molecule has 2 aromatic rings. The summed E-state index contributed by atoms with van der Waals surface area (Å²) in [5.74, 6) is 0.229. The van der Waals surface area contributed by atoms with Gasteiger partial charge in [0.2, 0.25) is 0 Å². The molecule has 1 aromatic carbocycles. The zero-order valence-electron chi connectivity index (χ0n) is 9.11. The molecule has 1 heterocycles. The van der Waals surface area contributed by atoms with E-state index < -0.39 is 0 Å². The molecule has 0 unspecified atom stereocenters. The Morgan fingerprint density at radius 2 is 2.31 bits per heavy atom. The number of ether oxygens (including phenoxy) is 2. The number of hydrogen-bond donors (Lipinski definition) is 1. The largest absolute Gasteiger partial charge is 0.497 e. The summed E-state index contributed by atoms with van der Waals surface area (Å²) < 4.78 is 10.1. The zero-order valence-corrected chi connectivity index (χ0v) is 9.11. The van der Waals surface area contributed by atoms with Gasteiger partial charge < -0.3 is 9.47 Å². The van der Waals surface area contributed by atoms with Gasteiger partial charge in [0.05, 0.1) is 31.0 Å². The summed E-state index contributed by atoms with van der Waals surface area (Å²) in [6.07, 6.45) is 1.64. The Balaban J connectivity index is 2.56. The molecule has 0 saturated carbocycles. The van der Waals surface area contributed by atoms with Crippen LogP contribution in [-0.2, 0) is 4.74 Å². The van der Waals surface area contributed by atoms with Gasteiger partial charge in [-0.1, -0.05) is 0 Å². The number of fused-ring (bicyclic) bond motifs is 1. The molecule has 5 heteroatoms. The molecular weight excluding hydrogens is 208 g/mol. The minimum atomic E-state index is -0.379. The van der Waals surface area contributed by atoms with Crippen molar-refractivity contribution in [1.82, 2.24) is 10.2 Å². The molecule has 0 aliphatic rings.